The van der Waals surface area contributed by atoms with Crippen LogP contribution < -0.4 is 11.5 Å². The molecule has 0 aliphatic carbocycles. The summed E-state index contributed by atoms with van der Waals surface area (Å²) in [5.41, 5.74) is 16.0. The van der Waals surface area contributed by atoms with Crippen LogP contribution in [0.25, 0.3) is 22.6 Å². The van der Waals surface area contributed by atoms with Crippen LogP contribution in [0.5, 0.6) is 0 Å². The first-order chi connectivity index (χ1) is 11.2. The molecule has 3 heterocycles. The number of anilines is 2. The molecule has 5 N–H and O–H groups in total. The Bertz CT molecular complexity index is 970. The predicted molar refractivity (Wildman–Crippen MR) is 87.3 cm³/mol. The van der Waals surface area contributed by atoms with Gasteiger partial charge in [0.2, 0.25) is 5.95 Å². The number of hydrogen-bond donors (Lipinski definition) is 3. The zero-order chi connectivity index (χ0) is 15.8. The van der Waals surface area contributed by atoms with E-state index < -0.39 is 0 Å². The molecule has 0 saturated heterocycles. The number of hydrogen-bond acceptors (Lipinski definition) is 6. The van der Waals surface area contributed by atoms with Gasteiger partial charge in [-0.1, -0.05) is 17.3 Å². The molecule has 4 rings (SSSR count). The number of fused-ring (bicyclic) bond motifs is 1. The first-order valence-corrected chi connectivity index (χ1v) is 7.05. The standard InChI is InChI=1S/C15H14N8/c16-10-4-1-3-9(7-10)8-23-14-13(21-22-23)12(19-15(17)20-14)11-5-2-6-18-11/h1-7,18H,8,16H2,(H2,17,19,20). The lowest BCUT2D eigenvalue weighted by Crippen LogP contribution is -2.05. The summed E-state index contributed by atoms with van der Waals surface area (Å²) < 4.78 is 1.69. The second kappa shape index (κ2) is 5.09. The number of aromatic amines is 1. The number of rotatable bonds is 3. The fourth-order valence-electron chi connectivity index (χ4n) is 2.51. The highest BCUT2D eigenvalue weighted by atomic mass is 15.4. The maximum atomic E-state index is 5.85. The first kappa shape index (κ1) is 13.3. The lowest BCUT2D eigenvalue weighted by atomic mass is 10.2. The van der Waals surface area contributed by atoms with Crippen LogP contribution >= 0.6 is 0 Å². The van der Waals surface area contributed by atoms with E-state index >= 15 is 0 Å². The largest absolute Gasteiger partial charge is 0.399 e. The van der Waals surface area contributed by atoms with Gasteiger partial charge in [0.05, 0.1) is 12.2 Å². The monoisotopic (exact) mass is 306 g/mol. The SMILES string of the molecule is Nc1cccc(Cn2nnc3c(-c4ccc[nH]4)nc(N)nc32)c1. The lowest BCUT2D eigenvalue weighted by molar-refractivity contribution is 0.664. The Morgan fingerprint density at radius 1 is 1.09 bits per heavy atom. The molecule has 8 heteroatoms. The van der Waals surface area contributed by atoms with Crippen molar-refractivity contribution in [2.24, 2.45) is 0 Å². The van der Waals surface area contributed by atoms with Gasteiger partial charge in [-0.05, 0) is 29.8 Å². The lowest BCUT2D eigenvalue weighted by Gasteiger charge is -2.04. The van der Waals surface area contributed by atoms with Crippen LogP contribution in [-0.2, 0) is 6.54 Å². The van der Waals surface area contributed by atoms with E-state index in [0.29, 0.717) is 29.1 Å². The van der Waals surface area contributed by atoms with Crippen LogP contribution in [0.2, 0.25) is 0 Å². The van der Waals surface area contributed by atoms with E-state index in [0.717, 1.165) is 11.3 Å². The molecule has 23 heavy (non-hydrogen) atoms. The summed E-state index contributed by atoms with van der Waals surface area (Å²) in [5.74, 6) is 0.179. The molecule has 0 aliphatic heterocycles. The quantitative estimate of drug-likeness (QED) is 0.492. The molecule has 1 aromatic carbocycles. The number of nitrogen functional groups attached to an aromatic ring is 2. The van der Waals surface area contributed by atoms with Crippen molar-refractivity contribution >= 4 is 22.8 Å². The van der Waals surface area contributed by atoms with Crippen molar-refractivity contribution in [2.75, 3.05) is 11.5 Å². The van der Waals surface area contributed by atoms with Gasteiger partial charge in [0.15, 0.2) is 11.2 Å². The molecule has 0 saturated carbocycles. The van der Waals surface area contributed by atoms with E-state index in [1.54, 1.807) is 4.68 Å². The molecule has 0 aliphatic rings. The van der Waals surface area contributed by atoms with Crippen LogP contribution in [0.4, 0.5) is 11.6 Å². The summed E-state index contributed by atoms with van der Waals surface area (Å²) in [7, 11) is 0. The van der Waals surface area contributed by atoms with Gasteiger partial charge >= 0.3 is 0 Å². The number of nitrogens with two attached hydrogens (primary N) is 2. The Balaban J connectivity index is 1.83. The van der Waals surface area contributed by atoms with Crippen LogP contribution in [0.3, 0.4) is 0 Å². The third-order valence-electron chi connectivity index (χ3n) is 3.52. The summed E-state index contributed by atoms with van der Waals surface area (Å²) in [6.45, 7) is 0.502. The molecule has 0 bridgehead atoms. The zero-order valence-corrected chi connectivity index (χ0v) is 12.1. The van der Waals surface area contributed by atoms with Crippen molar-refractivity contribution in [1.29, 1.82) is 0 Å². The minimum atomic E-state index is 0.179. The third kappa shape index (κ3) is 2.35. The molecular weight excluding hydrogens is 292 g/mol. The van der Waals surface area contributed by atoms with E-state index in [9.17, 15) is 0 Å². The maximum absolute atomic E-state index is 5.85. The predicted octanol–water partition coefficient (Wildman–Crippen LogP) is 1.43. The Kier molecular flexibility index (Phi) is 2.94. The minimum absolute atomic E-state index is 0.179. The molecule has 0 fully saturated rings. The normalized spacial score (nSPS) is 11.1. The van der Waals surface area contributed by atoms with Crippen molar-refractivity contribution in [1.82, 2.24) is 29.9 Å². The molecule has 0 spiro atoms. The molecule has 3 aromatic heterocycles. The number of benzene rings is 1. The van der Waals surface area contributed by atoms with Crippen LogP contribution in [0.1, 0.15) is 5.56 Å². The zero-order valence-electron chi connectivity index (χ0n) is 12.1. The number of aromatic nitrogens is 6. The van der Waals surface area contributed by atoms with Gasteiger partial charge in [-0.2, -0.15) is 4.98 Å². The molecule has 8 nitrogen and oxygen atoms in total. The number of nitrogens with zero attached hydrogens (tertiary/aromatic N) is 5. The fraction of sp³-hybridized carbons (Fsp3) is 0.0667. The van der Waals surface area contributed by atoms with Gasteiger partial charge in [0.1, 0.15) is 5.69 Å². The average Bonchev–Trinajstić information content (AvgIpc) is 3.17. The highest BCUT2D eigenvalue weighted by molar-refractivity contribution is 5.86. The Labute approximate surface area is 131 Å². The molecule has 0 atom stereocenters. The smallest absolute Gasteiger partial charge is 0.222 e. The van der Waals surface area contributed by atoms with Gasteiger partial charge in [-0.15, -0.1) is 5.10 Å². The Hall–Kier alpha value is -3.42. The highest BCUT2D eigenvalue weighted by Crippen LogP contribution is 2.24. The van der Waals surface area contributed by atoms with Gasteiger partial charge in [-0.3, -0.25) is 0 Å². The molecule has 0 unspecified atom stereocenters. The summed E-state index contributed by atoms with van der Waals surface area (Å²) in [6.07, 6.45) is 1.82. The Morgan fingerprint density at radius 2 is 2.00 bits per heavy atom. The molecule has 4 aromatic rings. The molecule has 0 radical (unpaired) electrons. The molecular formula is C15H14N8. The van der Waals surface area contributed by atoms with Crippen molar-refractivity contribution < 1.29 is 0 Å². The summed E-state index contributed by atoms with van der Waals surface area (Å²) in [6, 6.07) is 11.4. The highest BCUT2D eigenvalue weighted by Gasteiger charge is 2.15. The van der Waals surface area contributed by atoms with E-state index in [-0.39, 0.29) is 5.95 Å². The average molecular weight is 306 g/mol. The topological polar surface area (TPSA) is 124 Å². The fourth-order valence-corrected chi connectivity index (χ4v) is 2.51. The van der Waals surface area contributed by atoms with Crippen LogP contribution in [0.15, 0.2) is 42.6 Å². The van der Waals surface area contributed by atoms with E-state index in [1.165, 1.54) is 0 Å². The van der Waals surface area contributed by atoms with Crippen LogP contribution in [-0.4, -0.2) is 29.9 Å². The van der Waals surface area contributed by atoms with Gasteiger partial charge in [-0.25, -0.2) is 9.67 Å². The van der Waals surface area contributed by atoms with Crippen molar-refractivity contribution in [2.45, 2.75) is 6.54 Å². The second-order valence-corrected chi connectivity index (χ2v) is 5.18. The number of H-pyrrole nitrogens is 1. The van der Waals surface area contributed by atoms with Gasteiger partial charge in [0.25, 0.3) is 0 Å². The van der Waals surface area contributed by atoms with Crippen molar-refractivity contribution in [3.8, 4) is 11.4 Å². The van der Waals surface area contributed by atoms with Gasteiger partial charge < -0.3 is 16.5 Å². The minimum Gasteiger partial charge on any atom is -0.399 e. The van der Waals surface area contributed by atoms with Crippen molar-refractivity contribution in [3.05, 3.63) is 48.2 Å². The van der Waals surface area contributed by atoms with Gasteiger partial charge in [0, 0.05) is 11.9 Å². The summed E-state index contributed by atoms with van der Waals surface area (Å²) in [4.78, 5) is 11.7. The van der Waals surface area contributed by atoms with Crippen molar-refractivity contribution in [3.63, 3.8) is 0 Å². The third-order valence-corrected chi connectivity index (χ3v) is 3.52. The molecule has 0 amide bonds. The van der Waals surface area contributed by atoms with E-state index in [4.69, 9.17) is 11.5 Å². The number of nitrogens with one attached hydrogen (secondary N) is 1. The first-order valence-electron chi connectivity index (χ1n) is 7.05. The maximum Gasteiger partial charge on any atom is 0.222 e. The summed E-state index contributed by atoms with van der Waals surface area (Å²) in [5, 5.41) is 8.40. The molecule has 114 valence electrons. The second-order valence-electron chi connectivity index (χ2n) is 5.18. The Morgan fingerprint density at radius 3 is 2.78 bits per heavy atom. The summed E-state index contributed by atoms with van der Waals surface area (Å²) >= 11 is 0. The van der Waals surface area contributed by atoms with Crippen LogP contribution in [0, 0.1) is 0 Å². The van der Waals surface area contributed by atoms with E-state index in [2.05, 4.69) is 25.3 Å². The van der Waals surface area contributed by atoms with E-state index in [1.807, 2.05) is 42.6 Å².